The Bertz CT molecular complexity index is 1260. The van der Waals surface area contributed by atoms with Gasteiger partial charge in [-0.05, 0) is 77.7 Å². The third-order valence-corrected chi connectivity index (χ3v) is 8.26. The van der Waals surface area contributed by atoms with Crippen molar-refractivity contribution >= 4 is 28.6 Å². The molecule has 0 aliphatic heterocycles. The number of H-pyrrole nitrogens is 1. The van der Waals surface area contributed by atoms with E-state index in [4.69, 9.17) is 0 Å². The molecule has 6 nitrogen and oxygen atoms in total. The number of nitrogens with one attached hydrogen (secondary N) is 2. The molecule has 1 aliphatic rings. The van der Waals surface area contributed by atoms with Gasteiger partial charge in [0.1, 0.15) is 0 Å². The van der Waals surface area contributed by atoms with Crippen LogP contribution in [0.5, 0.6) is 0 Å². The Morgan fingerprint density at radius 3 is 2.65 bits per heavy atom. The largest absolute Gasteiger partial charge is 0.390 e. The van der Waals surface area contributed by atoms with Crippen molar-refractivity contribution < 1.29 is 9.90 Å². The molecule has 1 saturated carbocycles. The lowest BCUT2D eigenvalue weighted by atomic mass is 9.77. The quantitative estimate of drug-likeness (QED) is 0.428. The summed E-state index contributed by atoms with van der Waals surface area (Å²) in [5, 5.41) is 14.3. The van der Waals surface area contributed by atoms with Gasteiger partial charge in [-0.3, -0.25) is 9.59 Å². The first-order valence-corrected chi connectivity index (χ1v) is 13.2. The topological polar surface area (TPSA) is 87.1 Å². The number of aliphatic hydroxyl groups is 1. The number of aryl methyl sites for hydroxylation is 1. The number of nitrogens with zero attached hydrogens (tertiary/aromatic N) is 1. The van der Waals surface area contributed by atoms with Gasteiger partial charge < -0.3 is 20.0 Å². The highest BCUT2D eigenvalue weighted by atomic mass is 32.2. The van der Waals surface area contributed by atoms with Crippen LogP contribution in [0.4, 0.5) is 0 Å². The van der Waals surface area contributed by atoms with Crippen LogP contribution < -0.4 is 10.9 Å². The summed E-state index contributed by atoms with van der Waals surface area (Å²) < 4.78 is 2.29. The van der Waals surface area contributed by atoms with Gasteiger partial charge in [0.25, 0.3) is 11.5 Å². The fourth-order valence-electron chi connectivity index (χ4n) is 5.45. The van der Waals surface area contributed by atoms with E-state index in [1.54, 1.807) is 0 Å². The minimum absolute atomic E-state index is 0.161. The number of pyridine rings is 1. The smallest absolute Gasteiger partial charge is 0.254 e. The van der Waals surface area contributed by atoms with Crippen LogP contribution in [-0.4, -0.2) is 32.4 Å². The predicted octanol–water partition coefficient (Wildman–Crippen LogP) is 5.10. The second kappa shape index (κ2) is 9.62. The zero-order valence-corrected chi connectivity index (χ0v) is 21.5. The van der Waals surface area contributed by atoms with E-state index >= 15 is 0 Å². The van der Waals surface area contributed by atoms with Crippen LogP contribution in [0.25, 0.3) is 10.9 Å². The summed E-state index contributed by atoms with van der Waals surface area (Å²) in [6.07, 6.45) is 5.47. The minimum atomic E-state index is -0.571. The van der Waals surface area contributed by atoms with Crippen molar-refractivity contribution in [2.45, 2.75) is 76.5 Å². The Balaban J connectivity index is 1.65. The number of carbonyl (C=O) groups is 1. The molecule has 7 heteroatoms. The Morgan fingerprint density at radius 2 is 1.97 bits per heavy atom. The van der Waals surface area contributed by atoms with E-state index in [-0.39, 0.29) is 24.1 Å². The molecule has 0 spiro atoms. The van der Waals surface area contributed by atoms with Crippen LogP contribution in [-0.2, 0) is 6.54 Å². The number of hydrogen-bond donors (Lipinski definition) is 3. The lowest BCUT2D eigenvalue weighted by Crippen LogP contribution is -2.33. The van der Waals surface area contributed by atoms with Crippen molar-refractivity contribution in [3.8, 4) is 0 Å². The maximum atomic E-state index is 13.5. The van der Waals surface area contributed by atoms with Gasteiger partial charge in [-0.1, -0.05) is 18.2 Å². The van der Waals surface area contributed by atoms with Gasteiger partial charge in [-0.15, -0.1) is 11.8 Å². The molecule has 34 heavy (non-hydrogen) atoms. The van der Waals surface area contributed by atoms with Crippen LogP contribution in [0.15, 0.2) is 40.0 Å². The van der Waals surface area contributed by atoms with Crippen molar-refractivity contribution in [1.82, 2.24) is 14.9 Å². The van der Waals surface area contributed by atoms with Crippen molar-refractivity contribution in [1.29, 1.82) is 0 Å². The number of fused-ring (bicyclic) bond motifs is 1. The average Bonchev–Trinajstić information content (AvgIpc) is 3.09. The second-order valence-electron chi connectivity index (χ2n) is 9.93. The minimum Gasteiger partial charge on any atom is -0.390 e. The Kier molecular flexibility index (Phi) is 6.97. The number of rotatable bonds is 6. The molecule has 0 radical (unpaired) electrons. The molecule has 2 heterocycles. The number of aromatic nitrogens is 2. The summed E-state index contributed by atoms with van der Waals surface area (Å²) in [7, 11) is 0. The molecule has 0 unspecified atom stereocenters. The van der Waals surface area contributed by atoms with E-state index in [1.807, 2.05) is 51.3 Å². The molecular formula is C27H35N3O3S. The fourth-order valence-corrected chi connectivity index (χ4v) is 6.16. The Labute approximate surface area is 205 Å². The lowest BCUT2D eigenvalue weighted by Gasteiger charge is -2.37. The number of para-hydroxylation sites is 1. The second-order valence-corrected chi connectivity index (χ2v) is 10.8. The molecule has 1 fully saturated rings. The molecule has 3 aromatic rings. The first-order chi connectivity index (χ1) is 16.1. The Hall–Kier alpha value is -2.51. The normalized spacial score (nSPS) is 21.5. The zero-order chi connectivity index (χ0) is 24.6. The highest BCUT2D eigenvalue weighted by Crippen LogP contribution is 2.40. The van der Waals surface area contributed by atoms with Gasteiger partial charge in [0.05, 0.1) is 11.2 Å². The Morgan fingerprint density at radius 1 is 1.29 bits per heavy atom. The van der Waals surface area contributed by atoms with Gasteiger partial charge in [0.2, 0.25) is 0 Å². The van der Waals surface area contributed by atoms with Crippen molar-refractivity contribution in [3.63, 3.8) is 0 Å². The standard InChI is InChI=1S/C27H35N3O3S/c1-16-14-23(34-5)21(25(31)29-16)15-28-26(32)24-18(3)30(22-9-7-6-8-20(22)24)17(2)19-10-12-27(4,33)13-11-19/h6-9,14,17,19,33H,10-13,15H2,1-5H3,(H,28,32)(H,29,31)/t17-,19?,27?/m1/s1. The van der Waals surface area contributed by atoms with Crippen molar-refractivity contribution in [2.24, 2.45) is 5.92 Å². The van der Waals surface area contributed by atoms with E-state index in [9.17, 15) is 14.7 Å². The van der Waals surface area contributed by atoms with Crippen LogP contribution >= 0.6 is 11.8 Å². The van der Waals surface area contributed by atoms with Crippen LogP contribution in [0.3, 0.4) is 0 Å². The van der Waals surface area contributed by atoms with Crippen molar-refractivity contribution in [2.75, 3.05) is 6.26 Å². The summed E-state index contributed by atoms with van der Waals surface area (Å²) >= 11 is 1.51. The summed E-state index contributed by atoms with van der Waals surface area (Å²) in [5.41, 5.74) is 3.31. The molecule has 1 aliphatic carbocycles. The number of aromatic amines is 1. The van der Waals surface area contributed by atoms with Crippen LogP contribution in [0.1, 0.15) is 72.9 Å². The van der Waals surface area contributed by atoms with Gasteiger partial charge in [-0.25, -0.2) is 0 Å². The third-order valence-electron chi connectivity index (χ3n) is 7.46. The fraction of sp³-hybridized carbons (Fsp3) is 0.481. The molecular weight excluding hydrogens is 446 g/mol. The average molecular weight is 482 g/mol. The SMILES string of the molecule is CSc1cc(C)[nH]c(=O)c1CNC(=O)c1c(C)n([C@H](C)C2CCC(C)(O)CC2)c2ccccc12. The lowest BCUT2D eigenvalue weighted by molar-refractivity contribution is 0.00153. The van der Waals surface area contributed by atoms with Gasteiger partial charge in [-0.2, -0.15) is 0 Å². The number of carbonyl (C=O) groups excluding carboxylic acids is 1. The molecule has 1 atom stereocenters. The summed E-state index contributed by atoms with van der Waals surface area (Å²) in [6, 6.07) is 10.2. The first kappa shape index (κ1) is 24.6. The molecule has 1 amide bonds. The van der Waals surface area contributed by atoms with E-state index in [0.717, 1.165) is 52.9 Å². The zero-order valence-electron chi connectivity index (χ0n) is 20.7. The summed E-state index contributed by atoms with van der Waals surface area (Å²) in [6.45, 7) is 8.19. The summed E-state index contributed by atoms with van der Waals surface area (Å²) in [4.78, 5) is 29.7. The van der Waals surface area contributed by atoms with Crippen molar-refractivity contribution in [3.05, 3.63) is 63.2 Å². The first-order valence-electron chi connectivity index (χ1n) is 12.0. The van der Waals surface area contributed by atoms with Gasteiger partial charge >= 0.3 is 0 Å². The van der Waals surface area contributed by atoms with Gasteiger partial charge in [0, 0.05) is 45.3 Å². The van der Waals surface area contributed by atoms with Crippen LogP contribution in [0, 0.1) is 19.8 Å². The highest BCUT2D eigenvalue weighted by molar-refractivity contribution is 7.98. The van der Waals surface area contributed by atoms with E-state index < -0.39 is 5.60 Å². The number of hydrogen-bond acceptors (Lipinski definition) is 4. The number of amides is 1. The molecule has 0 saturated heterocycles. The number of thioether (sulfide) groups is 1. The predicted molar refractivity (Wildman–Crippen MR) is 139 cm³/mol. The molecule has 0 bridgehead atoms. The highest BCUT2D eigenvalue weighted by Gasteiger charge is 2.33. The van der Waals surface area contributed by atoms with Crippen LogP contribution in [0.2, 0.25) is 0 Å². The molecule has 1 aromatic carbocycles. The van der Waals surface area contributed by atoms with E-state index in [2.05, 4.69) is 27.9 Å². The van der Waals surface area contributed by atoms with Gasteiger partial charge in [0.15, 0.2) is 0 Å². The monoisotopic (exact) mass is 481 g/mol. The maximum absolute atomic E-state index is 13.5. The number of benzene rings is 1. The molecule has 3 N–H and O–H groups in total. The maximum Gasteiger partial charge on any atom is 0.254 e. The van der Waals surface area contributed by atoms with E-state index in [1.165, 1.54) is 11.8 Å². The van der Waals surface area contributed by atoms with E-state index in [0.29, 0.717) is 17.0 Å². The molecule has 2 aromatic heterocycles. The molecule has 4 rings (SSSR count). The summed E-state index contributed by atoms with van der Waals surface area (Å²) in [5.74, 6) is 0.277. The third kappa shape index (κ3) is 4.68. The molecule has 182 valence electrons.